The smallest absolute Gasteiger partial charge is 0.212 e. The van der Waals surface area contributed by atoms with Crippen LogP contribution in [-0.2, 0) is 10.0 Å². The molecule has 18 heavy (non-hydrogen) atoms. The Kier molecular flexibility index (Phi) is 4.40. The lowest BCUT2D eigenvalue weighted by atomic mass is 10.1. The summed E-state index contributed by atoms with van der Waals surface area (Å²) in [6.07, 6.45) is 6.22. The fourth-order valence-corrected chi connectivity index (χ4v) is 3.74. The molecule has 1 aliphatic carbocycles. The van der Waals surface area contributed by atoms with Gasteiger partial charge < -0.3 is 0 Å². The number of hydrogen-bond acceptors (Lipinski definition) is 3. The molecule has 1 fully saturated rings. The molecule has 0 bridgehead atoms. The van der Waals surface area contributed by atoms with Crippen LogP contribution in [0.1, 0.15) is 37.8 Å². The molecule has 2 rings (SSSR count). The lowest BCUT2D eigenvalue weighted by Crippen LogP contribution is -2.31. The minimum atomic E-state index is -3.19. The molecule has 6 heteroatoms. The molecule has 1 saturated carbocycles. The molecule has 1 heterocycles. The zero-order valence-corrected chi connectivity index (χ0v) is 12.7. The second kappa shape index (κ2) is 5.67. The highest BCUT2D eigenvalue weighted by Crippen LogP contribution is 2.41. The van der Waals surface area contributed by atoms with Crippen LogP contribution in [0.4, 0.5) is 0 Å². The van der Waals surface area contributed by atoms with Crippen molar-refractivity contribution in [3.8, 4) is 0 Å². The van der Waals surface area contributed by atoms with E-state index in [0.29, 0.717) is 12.3 Å². The Hall–Kier alpha value is -0.460. The van der Waals surface area contributed by atoms with Crippen molar-refractivity contribution in [2.24, 2.45) is 5.92 Å². The summed E-state index contributed by atoms with van der Waals surface area (Å²) < 4.78 is 27.5. The van der Waals surface area contributed by atoms with Crippen molar-refractivity contribution >= 4 is 26.0 Å². The van der Waals surface area contributed by atoms with E-state index in [1.54, 1.807) is 12.4 Å². The zero-order chi connectivity index (χ0) is 13.2. The Bertz CT molecular complexity index is 515. The third kappa shape index (κ3) is 3.76. The number of aromatic nitrogens is 1. The van der Waals surface area contributed by atoms with E-state index in [4.69, 9.17) is 0 Å². The van der Waals surface area contributed by atoms with Crippen molar-refractivity contribution < 1.29 is 8.42 Å². The Morgan fingerprint density at radius 2 is 2.22 bits per heavy atom. The maximum Gasteiger partial charge on any atom is 0.212 e. The second-order valence-corrected chi connectivity index (χ2v) is 7.48. The van der Waals surface area contributed by atoms with Crippen LogP contribution in [0.3, 0.4) is 0 Å². The van der Waals surface area contributed by atoms with Crippen molar-refractivity contribution in [1.82, 2.24) is 9.71 Å². The largest absolute Gasteiger partial charge is 0.263 e. The highest BCUT2D eigenvalue weighted by Gasteiger charge is 2.35. The SMILES string of the molecule is CCCS(=O)(=O)NC(c1cncc(Br)c1)C1CC1. The number of pyridine rings is 1. The average molecular weight is 333 g/mol. The Morgan fingerprint density at radius 1 is 1.50 bits per heavy atom. The van der Waals surface area contributed by atoms with Gasteiger partial charge in [0.15, 0.2) is 0 Å². The number of sulfonamides is 1. The molecule has 0 radical (unpaired) electrons. The van der Waals surface area contributed by atoms with Crippen LogP contribution in [0, 0.1) is 5.92 Å². The van der Waals surface area contributed by atoms with Crippen molar-refractivity contribution in [3.05, 3.63) is 28.5 Å². The summed E-state index contributed by atoms with van der Waals surface area (Å²) in [4.78, 5) is 4.11. The summed E-state index contributed by atoms with van der Waals surface area (Å²) in [5.41, 5.74) is 0.937. The topological polar surface area (TPSA) is 59.1 Å². The standard InChI is InChI=1S/C12H17BrN2O2S/c1-2-5-18(16,17)15-12(9-3-4-9)10-6-11(13)8-14-7-10/h6-9,12,15H,2-5H2,1H3. The number of halogens is 1. The van der Waals surface area contributed by atoms with Gasteiger partial charge in [0, 0.05) is 16.9 Å². The number of nitrogens with one attached hydrogen (secondary N) is 1. The minimum Gasteiger partial charge on any atom is -0.263 e. The molecule has 0 amide bonds. The molecule has 1 unspecified atom stereocenters. The maximum atomic E-state index is 11.9. The quantitative estimate of drug-likeness (QED) is 0.871. The lowest BCUT2D eigenvalue weighted by molar-refractivity contribution is 0.527. The van der Waals surface area contributed by atoms with Crippen LogP contribution < -0.4 is 4.72 Å². The van der Waals surface area contributed by atoms with Gasteiger partial charge >= 0.3 is 0 Å². The van der Waals surface area contributed by atoms with Crippen LogP contribution in [0.5, 0.6) is 0 Å². The fraction of sp³-hybridized carbons (Fsp3) is 0.583. The maximum absolute atomic E-state index is 11.9. The number of nitrogens with zero attached hydrogens (tertiary/aromatic N) is 1. The zero-order valence-electron chi connectivity index (χ0n) is 10.3. The van der Waals surface area contributed by atoms with Crippen LogP contribution in [0.2, 0.25) is 0 Å². The molecule has 100 valence electrons. The van der Waals surface area contributed by atoms with Crippen LogP contribution in [-0.4, -0.2) is 19.2 Å². The second-order valence-electron chi connectivity index (χ2n) is 4.69. The van der Waals surface area contributed by atoms with Gasteiger partial charge in [0.1, 0.15) is 0 Å². The first-order valence-electron chi connectivity index (χ1n) is 6.12. The summed E-state index contributed by atoms with van der Waals surface area (Å²) in [6.45, 7) is 1.87. The normalized spacial score (nSPS) is 17.7. The van der Waals surface area contributed by atoms with E-state index in [1.807, 2.05) is 13.0 Å². The first-order valence-corrected chi connectivity index (χ1v) is 8.57. The molecule has 0 saturated heterocycles. The summed E-state index contributed by atoms with van der Waals surface area (Å²) >= 11 is 3.37. The van der Waals surface area contributed by atoms with E-state index in [9.17, 15) is 8.42 Å². The highest BCUT2D eigenvalue weighted by atomic mass is 79.9. The molecule has 1 aromatic heterocycles. The van der Waals surface area contributed by atoms with E-state index in [2.05, 4.69) is 25.6 Å². The average Bonchev–Trinajstić information content (AvgIpc) is 3.09. The number of rotatable bonds is 6. The van der Waals surface area contributed by atoms with E-state index in [-0.39, 0.29) is 11.8 Å². The van der Waals surface area contributed by atoms with Gasteiger partial charge in [-0.1, -0.05) is 6.92 Å². The van der Waals surface area contributed by atoms with Crippen molar-refractivity contribution in [3.63, 3.8) is 0 Å². The molecule has 0 spiro atoms. The Balaban J connectivity index is 2.19. The molecule has 1 aromatic rings. The summed E-state index contributed by atoms with van der Waals surface area (Å²) in [6, 6.07) is 1.80. The van der Waals surface area contributed by atoms with E-state index in [1.165, 1.54) is 0 Å². The van der Waals surface area contributed by atoms with Crippen LogP contribution in [0.25, 0.3) is 0 Å². The molecule has 0 aliphatic heterocycles. The molecule has 4 nitrogen and oxygen atoms in total. The first-order chi connectivity index (χ1) is 8.52. The lowest BCUT2D eigenvalue weighted by Gasteiger charge is -2.18. The third-order valence-corrected chi connectivity index (χ3v) is 4.95. The Labute approximate surface area is 116 Å². The predicted molar refractivity (Wildman–Crippen MR) is 74.6 cm³/mol. The molecular weight excluding hydrogens is 316 g/mol. The molecule has 0 aromatic carbocycles. The third-order valence-electron chi connectivity index (χ3n) is 2.96. The van der Waals surface area contributed by atoms with Gasteiger partial charge in [-0.2, -0.15) is 0 Å². The van der Waals surface area contributed by atoms with Crippen molar-refractivity contribution in [2.45, 2.75) is 32.2 Å². The molecule has 1 N–H and O–H groups in total. The highest BCUT2D eigenvalue weighted by molar-refractivity contribution is 9.10. The molecule has 1 atom stereocenters. The fourth-order valence-electron chi connectivity index (χ4n) is 1.99. The Morgan fingerprint density at radius 3 is 2.78 bits per heavy atom. The van der Waals surface area contributed by atoms with Gasteiger partial charge in [-0.05, 0) is 52.7 Å². The summed E-state index contributed by atoms with van der Waals surface area (Å²) in [7, 11) is -3.19. The van der Waals surface area contributed by atoms with Crippen LogP contribution >= 0.6 is 15.9 Å². The summed E-state index contributed by atoms with van der Waals surface area (Å²) in [5, 5.41) is 0. The summed E-state index contributed by atoms with van der Waals surface area (Å²) in [5.74, 6) is 0.588. The van der Waals surface area contributed by atoms with Gasteiger partial charge in [-0.15, -0.1) is 0 Å². The van der Waals surface area contributed by atoms with Gasteiger partial charge in [-0.25, -0.2) is 13.1 Å². The molecular formula is C12H17BrN2O2S. The van der Waals surface area contributed by atoms with Crippen LogP contribution in [0.15, 0.2) is 22.9 Å². The van der Waals surface area contributed by atoms with Gasteiger partial charge in [0.2, 0.25) is 10.0 Å². The van der Waals surface area contributed by atoms with E-state index < -0.39 is 10.0 Å². The monoisotopic (exact) mass is 332 g/mol. The van der Waals surface area contributed by atoms with Gasteiger partial charge in [0.05, 0.1) is 11.8 Å². The molecule has 1 aliphatic rings. The first kappa shape index (κ1) is 14.0. The van der Waals surface area contributed by atoms with Crippen molar-refractivity contribution in [2.75, 3.05) is 5.75 Å². The van der Waals surface area contributed by atoms with Gasteiger partial charge in [-0.3, -0.25) is 4.98 Å². The number of hydrogen-bond donors (Lipinski definition) is 1. The van der Waals surface area contributed by atoms with E-state index in [0.717, 1.165) is 22.9 Å². The van der Waals surface area contributed by atoms with E-state index >= 15 is 0 Å². The van der Waals surface area contributed by atoms with Crippen molar-refractivity contribution in [1.29, 1.82) is 0 Å². The minimum absolute atomic E-state index is 0.133. The predicted octanol–water partition coefficient (Wildman–Crippen LogP) is 2.62. The van der Waals surface area contributed by atoms with Gasteiger partial charge in [0.25, 0.3) is 0 Å².